The van der Waals surface area contributed by atoms with E-state index >= 15 is 0 Å². The Labute approximate surface area is 183 Å². The molecule has 0 aliphatic heterocycles. The zero-order valence-electron chi connectivity index (χ0n) is 16.9. The summed E-state index contributed by atoms with van der Waals surface area (Å²) in [6, 6.07) is 15.7. The molecule has 9 heteroatoms. The molecule has 2 aromatic heterocycles. The molecular weight excluding hydrogens is 433 g/mol. The summed E-state index contributed by atoms with van der Waals surface area (Å²) >= 11 is 0. The maximum absolute atomic E-state index is 13.6. The molecule has 0 bridgehead atoms. The average molecular weight is 453 g/mol. The third kappa shape index (κ3) is 3.80. The van der Waals surface area contributed by atoms with E-state index in [9.17, 15) is 17.6 Å². The van der Waals surface area contributed by atoms with E-state index in [0.717, 1.165) is 24.8 Å². The van der Waals surface area contributed by atoms with Gasteiger partial charge in [0.2, 0.25) is 0 Å². The van der Waals surface area contributed by atoms with Crippen LogP contribution < -0.4 is 10.3 Å². The number of rotatable bonds is 5. The van der Waals surface area contributed by atoms with Gasteiger partial charge in [0.1, 0.15) is 12.1 Å². The third-order valence-electron chi connectivity index (χ3n) is 5.98. The summed E-state index contributed by atoms with van der Waals surface area (Å²) in [4.78, 5) is 12.8. The number of anilines is 1. The minimum atomic E-state index is -3.86. The van der Waals surface area contributed by atoms with E-state index in [1.807, 2.05) is 6.07 Å². The molecule has 1 N–H and O–H groups in total. The van der Waals surface area contributed by atoms with Crippen molar-refractivity contribution < 1.29 is 17.3 Å². The Morgan fingerprint density at radius 1 is 1.06 bits per heavy atom. The summed E-state index contributed by atoms with van der Waals surface area (Å²) in [5.74, 6) is -0.00479. The minimum absolute atomic E-state index is 0.0461. The maximum Gasteiger partial charge on any atom is 0.263 e. The van der Waals surface area contributed by atoms with Crippen LogP contribution in [0.15, 0.2) is 81.1 Å². The van der Waals surface area contributed by atoms with E-state index in [4.69, 9.17) is 0 Å². The normalized spacial score (nSPS) is 18.8. The van der Waals surface area contributed by atoms with Crippen molar-refractivity contribution >= 4 is 26.7 Å². The van der Waals surface area contributed by atoms with Gasteiger partial charge in [0, 0.05) is 18.2 Å². The van der Waals surface area contributed by atoms with Gasteiger partial charge in [-0.05, 0) is 72.5 Å². The van der Waals surface area contributed by atoms with E-state index in [2.05, 4.69) is 14.4 Å². The fourth-order valence-corrected chi connectivity index (χ4v) is 5.53. The van der Waals surface area contributed by atoms with Crippen molar-refractivity contribution in [2.45, 2.75) is 36.1 Å². The van der Waals surface area contributed by atoms with Crippen molar-refractivity contribution in [1.29, 1.82) is 0 Å². The zero-order chi connectivity index (χ0) is 22.3. The summed E-state index contributed by atoms with van der Waals surface area (Å²) in [5.41, 5.74) is 1.47. The molecule has 1 aliphatic rings. The van der Waals surface area contributed by atoms with E-state index in [0.29, 0.717) is 10.9 Å². The second-order valence-corrected chi connectivity index (χ2v) is 9.65. The van der Waals surface area contributed by atoms with E-state index in [1.165, 1.54) is 36.6 Å². The molecule has 1 aliphatic carbocycles. The van der Waals surface area contributed by atoms with Crippen LogP contribution in [0, 0.1) is 5.82 Å². The molecule has 4 aromatic rings. The second-order valence-electron chi connectivity index (χ2n) is 7.97. The minimum Gasteiger partial charge on any atom is -0.363 e. The summed E-state index contributed by atoms with van der Waals surface area (Å²) in [6.45, 7) is 0. The van der Waals surface area contributed by atoms with Crippen molar-refractivity contribution in [2.24, 2.45) is 0 Å². The molecular formula is C23H20FN3O4S. The molecule has 0 radical (unpaired) electrons. The summed E-state index contributed by atoms with van der Waals surface area (Å²) in [7, 11) is -3.86. The molecule has 0 spiro atoms. The highest BCUT2D eigenvalue weighted by Gasteiger charge is 2.29. The predicted octanol–water partition coefficient (Wildman–Crippen LogP) is 4.44. The van der Waals surface area contributed by atoms with Gasteiger partial charge in [-0.3, -0.25) is 9.52 Å². The first-order valence-electron chi connectivity index (χ1n) is 10.2. The van der Waals surface area contributed by atoms with Crippen molar-refractivity contribution in [3.63, 3.8) is 0 Å². The topological polar surface area (TPSA) is 94.2 Å². The van der Waals surface area contributed by atoms with E-state index < -0.39 is 10.0 Å². The first kappa shape index (κ1) is 20.4. The number of pyridine rings is 1. The number of halogens is 1. The lowest BCUT2D eigenvalue weighted by Gasteiger charge is -2.18. The maximum atomic E-state index is 13.6. The fourth-order valence-electron chi connectivity index (χ4n) is 4.51. The average Bonchev–Trinajstić information content (AvgIpc) is 3.45. The second kappa shape index (κ2) is 7.90. The Bertz CT molecular complexity index is 1450. The van der Waals surface area contributed by atoms with Crippen LogP contribution in [0.25, 0.3) is 10.9 Å². The SMILES string of the molecule is O=c1ccc2cc(S(=O)(=O)Nc3ccon3)ccc2n1C1CCC(c2cccc(F)c2)C1. The van der Waals surface area contributed by atoms with Crippen LogP contribution in [0.5, 0.6) is 0 Å². The fraction of sp³-hybridized carbons (Fsp3) is 0.217. The van der Waals surface area contributed by atoms with Gasteiger partial charge < -0.3 is 9.09 Å². The molecule has 2 atom stereocenters. The number of hydrogen-bond donors (Lipinski definition) is 1. The highest BCUT2D eigenvalue weighted by molar-refractivity contribution is 7.92. The summed E-state index contributed by atoms with van der Waals surface area (Å²) < 4.78 is 47.8. The van der Waals surface area contributed by atoms with Crippen LogP contribution in [-0.2, 0) is 10.0 Å². The molecule has 7 nitrogen and oxygen atoms in total. The number of aromatic nitrogens is 2. The van der Waals surface area contributed by atoms with Crippen LogP contribution in [0.4, 0.5) is 10.2 Å². The van der Waals surface area contributed by atoms with Crippen LogP contribution in [-0.4, -0.2) is 18.1 Å². The number of nitrogens with zero attached hydrogens (tertiary/aromatic N) is 2. The number of nitrogens with one attached hydrogen (secondary N) is 1. The van der Waals surface area contributed by atoms with Crippen LogP contribution in [0.1, 0.15) is 36.8 Å². The molecule has 164 valence electrons. The summed E-state index contributed by atoms with van der Waals surface area (Å²) in [6.07, 6.45) is 3.63. The summed E-state index contributed by atoms with van der Waals surface area (Å²) in [5, 5.41) is 4.21. The first-order chi connectivity index (χ1) is 15.4. The number of hydrogen-bond acceptors (Lipinski definition) is 5. The van der Waals surface area contributed by atoms with E-state index in [1.54, 1.807) is 28.8 Å². The highest BCUT2D eigenvalue weighted by Crippen LogP contribution is 2.41. The van der Waals surface area contributed by atoms with Crippen molar-refractivity contribution in [1.82, 2.24) is 9.72 Å². The van der Waals surface area contributed by atoms with Gasteiger partial charge in [0.25, 0.3) is 15.6 Å². The third-order valence-corrected chi connectivity index (χ3v) is 7.33. The van der Waals surface area contributed by atoms with Gasteiger partial charge in [0.05, 0.1) is 10.4 Å². The van der Waals surface area contributed by atoms with Crippen LogP contribution >= 0.6 is 0 Å². The number of benzene rings is 2. The smallest absolute Gasteiger partial charge is 0.263 e. The van der Waals surface area contributed by atoms with E-state index in [-0.39, 0.29) is 34.0 Å². The lowest BCUT2D eigenvalue weighted by Crippen LogP contribution is -2.23. The Morgan fingerprint density at radius 3 is 2.72 bits per heavy atom. The molecule has 2 unspecified atom stereocenters. The van der Waals surface area contributed by atoms with Gasteiger partial charge in [-0.25, -0.2) is 12.8 Å². The number of fused-ring (bicyclic) bond motifs is 1. The van der Waals surface area contributed by atoms with Crippen LogP contribution in [0.3, 0.4) is 0 Å². The largest absolute Gasteiger partial charge is 0.363 e. The number of sulfonamides is 1. The predicted molar refractivity (Wildman–Crippen MR) is 118 cm³/mol. The van der Waals surface area contributed by atoms with Gasteiger partial charge in [0.15, 0.2) is 5.82 Å². The zero-order valence-corrected chi connectivity index (χ0v) is 17.8. The Kier molecular flexibility index (Phi) is 5.05. The van der Waals surface area contributed by atoms with Crippen LogP contribution in [0.2, 0.25) is 0 Å². The molecule has 2 aromatic carbocycles. The van der Waals surface area contributed by atoms with Crippen molar-refractivity contribution in [3.05, 3.63) is 88.7 Å². The molecule has 0 saturated heterocycles. The van der Waals surface area contributed by atoms with Crippen molar-refractivity contribution in [3.8, 4) is 0 Å². The molecule has 5 rings (SSSR count). The van der Waals surface area contributed by atoms with Gasteiger partial charge in [-0.2, -0.15) is 0 Å². The standard InChI is InChI=1S/C23H20FN3O4S/c24-18-3-1-2-15(12-18)16-4-6-19(13-16)27-21-8-7-20(14-17(21)5-9-23(27)28)32(29,30)26-22-10-11-31-25-22/h1-3,5,7-12,14,16,19H,4,6,13H2,(H,25,26). The molecule has 0 amide bonds. The quantitative estimate of drug-likeness (QED) is 0.482. The molecule has 1 saturated carbocycles. The van der Waals surface area contributed by atoms with Gasteiger partial charge >= 0.3 is 0 Å². The molecule has 1 fully saturated rings. The van der Waals surface area contributed by atoms with Gasteiger partial charge in [-0.1, -0.05) is 17.3 Å². The Morgan fingerprint density at radius 2 is 1.94 bits per heavy atom. The molecule has 2 heterocycles. The first-order valence-corrected chi connectivity index (χ1v) is 11.7. The monoisotopic (exact) mass is 453 g/mol. The molecule has 32 heavy (non-hydrogen) atoms. The Balaban J connectivity index is 1.48. The Hall–Kier alpha value is -3.46. The lowest BCUT2D eigenvalue weighted by atomic mass is 9.97. The lowest BCUT2D eigenvalue weighted by molar-refractivity contribution is 0.423. The highest BCUT2D eigenvalue weighted by atomic mass is 32.2. The van der Waals surface area contributed by atoms with Gasteiger partial charge in [-0.15, -0.1) is 0 Å². The van der Waals surface area contributed by atoms with Crippen molar-refractivity contribution in [2.75, 3.05) is 4.72 Å².